The quantitative estimate of drug-likeness (QED) is 0.246. The summed E-state index contributed by atoms with van der Waals surface area (Å²) in [5, 5.41) is 2.26. The predicted octanol–water partition coefficient (Wildman–Crippen LogP) is 7.87. The molecule has 0 spiro atoms. The van der Waals surface area contributed by atoms with E-state index in [-0.39, 0.29) is 11.3 Å². The fourth-order valence-electron chi connectivity index (χ4n) is 3.23. The van der Waals surface area contributed by atoms with Gasteiger partial charge < -0.3 is 0 Å². The second-order valence-corrected chi connectivity index (χ2v) is 17.0. The Bertz CT molecular complexity index is 1050. The molecule has 0 bridgehead atoms. The molecule has 1 unspecified atom stereocenters. The molecule has 1 aliphatic rings. The third-order valence-electron chi connectivity index (χ3n) is 5.08. The van der Waals surface area contributed by atoms with Crippen molar-refractivity contribution in [2.24, 2.45) is 5.92 Å². The summed E-state index contributed by atoms with van der Waals surface area (Å²) in [7, 11) is 0. The molecular weight excluding hydrogens is 451 g/mol. The van der Waals surface area contributed by atoms with Gasteiger partial charge in [0.05, 0.1) is 0 Å². The van der Waals surface area contributed by atoms with Crippen LogP contribution in [-0.4, -0.2) is 5.43 Å². The van der Waals surface area contributed by atoms with Crippen LogP contribution in [0.2, 0.25) is 13.1 Å². The van der Waals surface area contributed by atoms with Gasteiger partial charge in [-0.1, -0.05) is 51.0 Å². The van der Waals surface area contributed by atoms with E-state index in [9.17, 15) is 4.39 Å². The molecule has 0 heterocycles. The van der Waals surface area contributed by atoms with E-state index >= 15 is 0 Å². The predicted molar refractivity (Wildman–Crippen MR) is 122 cm³/mol. The van der Waals surface area contributed by atoms with Crippen LogP contribution < -0.4 is 0 Å². The molecule has 3 aromatic carbocycles. The third kappa shape index (κ3) is 6.52. The smallest absolute Gasteiger partial charge is 0.121 e. The molecular formula is C26H29FSiZr. The molecule has 0 saturated carbocycles. The fourth-order valence-corrected chi connectivity index (χ4v) is 3.23. The van der Waals surface area contributed by atoms with E-state index in [1.165, 1.54) is 22.8 Å². The summed E-state index contributed by atoms with van der Waals surface area (Å²) in [5.41, 5.74) is 6.09. The number of benzene rings is 2. The Labute approximate surface area is 190 Å². The van der Waals surface area contributed by atoms with Gasteiger partial charge in [0.1, 0.15) is 5.82 Å². The Hall–Kier alpha value is -1.44. The first kappa shape index (κ1) is 23.8. The molecule has 0 amide bonds. The van der Waals surface area contributed by atoms with Crippen molar-refractivity contribution in [2.75, 3.05) is 0 Å². The van der Waals surface area contributed by atoms with Crippen molar-refractivity contribution in [1.82, 2.24) is 0 Å². The summed E-state index contributed by atoms with van der Waals surface area (Å²) in [6, 6.07) is 18.9. The summed E-state index contributed by atoms with van der Waals surface area (Å²) in [5.74, 6) is 0.392. The molecule has 0 aliphatic heterocycles. The largest absolute Gasteiger partial charge is 0.207 e. The standard InChI is InChI=1S/C15H10F.C9H13.C2H6Si.Zr/c16-15-8-4-3-7-14(15)13-10-9-11-5-1-2-6-12(11)13;1-6-5-7(2)9(4)8(6)3;1-3-2;/h1-10H;6H,1-4H3;1-2H3;/q2*-1;;+2. The van der Waals surface area contributed by atoms with Crippen LogP contribution in [-0.2, 0) is 23.3 Å². The molecule has 0 aromatic heterocycles. The van der Waals surface area contributed by atoms with E-state index in [0.717, 1.165) is 16.3 Å². The van der Waals surface area contributed by atoms with Gasteiger partial charge in [0.2, 0.25) is 0 Å². The minimum absolute atomic E-state index is 0.168. The van der Waals surface area contributed by atoms with Crippen molar-refractivity contribution in [2.45, 2.75) is 40.8 Å². The number of rotatable bonds is 1. The van der Waals surface area contributed by atoms with Crippen LogP contribution in [0, 0.1) is 17.8 Å². The molecule has 148 valence electrons. The van der Waals surface area contributed by atoms with Gasteiger partial charge in [-0.15, -0.1) is 53.6 Å². The summed E-state index contributed by atoms with van der Waals surface area (Å²) >= 11 is 1.74. The van der Waals surface area contributed by atoms with Gasteiger partial charge >= 0.3 is 41.9 Å². The fraction of sp³-hybridized carbons (Fsp3) is 0.269. The minimum atomic E-state index is -0.168. The van der Waals surface area contributed by atoms with Crippen LogP contribution in [0.3, 0.4) is 0 Å². The second kappa shape index (κ2) is 11.1. The first-order valence-corrected chi connectivity index (χ1v) is 16.1. The van der Waals surface area contributed by atoms with E-state index in [1.807, 2.05) is 48.5 Å². The molecule has 4 rings (SSSR count). The molecule has 0 saturated heterocycles. The van der Waals surface area contributed by atoms with Crippen LogP contribution in [0.25, 0.3) is 21.9 Å². The van der Waals surface area contributed by atoms with Crippen molar-refractivity contribution < 1.29 is 27.7 Å². The maximum absolute atomic E-state index is 13.7. The number of allylic oxidation sites excluding steroid dienone is 4. The Kier molecular flexibility index (Phi) is 9.11. The molecule has 0 N–H and O–H groups in total. The summed E-state index contributed by atoms with van der Waals surface area (Å²) in [6.45, 7) is 13.3. The van der Waals surface area contributed by atoms with Crippen molar-refractivity contribution in [1.29, 1.82) is 0 Å². The molecule has 0 radical (unpaired) electrons. The Morgan fingerprint density at radius 3 is 2.07 bits per heavy atom. The van der Waals surface area contributed by atoms with Crippen LogP contribution in [0.15, 0.2) is 77.4 Å². The van der Waals surface area contributed by atoms with E-state index in [1.54, 1.807) is 29.4 Å². The van der Waals surface area contributed by atoms with Crippen LogP contribution in [0.1, 0.15) is 27.7 Å². The number of halogens is 1. The molecule has 0 nitrogen and oxygen atoms in total. The average molecular weight is 480 g/mol. The van der Waals surface area contributed by atoms with E-state index < -0.39 is 0 Å². The minimum Gasteiger partial charge on any atom is -0.207 e. The molecule has 0 fully saturated rings. The number of hydrogen-bond donors (Lipinski definition) is 0. The van der Waals surface area contributed by atoms with Gasteiger partial charge in [-0.2, -0.15) is 11.1 Å². The Balaban J connectivity index is 0.000000195. The van der Waals surface area contributed by atoms with E-state index in [0.29, 0.717) is 11.5 Å². The Morgan fingerprint density at radius 1 is 0.966 bits per heavy atom. The van der Waals surface area contributed by atoms with Crippen molar-refractivity contribution in [3.05, 3.63) is 89.3 Å². The molecule has 3 aromatic rings. The molecule has 1 atom stereocenters. The second-order valence-electron chi connectivity index (χ2n) is 7.61. The number of fused-ring (bicyclic) bond motifs is 1. The summed E-state index contributed by atoms with van der Waals surface area (Å²) in [4.78, 5) is 0. The molecule has 29 heavy (non-hydrogen) atoms. The third-order valence-corrected chi connectivity index (χ3v) is 5.08. The summed E-state index contributed by atoms with van der Waals surface area (Å²) in [6.07, 6.45) is 3.36. The van der Waals surface area contributed by atoms with Gasteiger partial charge in [-0.25, -0.2) is 9.96 Å². The van der Waals surface area contributed by atoms with Gasteiger partial charge in [0.15, 0.2) is 0 Å². The zero-order valence-corrected chi connectivity index (χ0v) is 21.7. The monoisotopic (exact) mass is 478 g/mol. The van der Waals surface area contributed by atoms with E-state index in [4.69, 9.17) is 0 Å². The first-order valence-electron chi connectivity index (χ1n) is 9.91. The Morgan fingerprint density at radius 2 is 1.55 bits per heavy atom. The molecule has 1 aliphatic carbocycles. The van der Waals surface area contributed by atoms with Gasteiger partial charge in [0.25, 0.3) is 0 Å². The zero-order chi connectivity index (χ0) is 21.6. The maximum atomic E-state index is 13.7. The van der Waals surface area contributed by atoms with Crippen LogP contribution in [0.5, 0.6) is 0 Å². The topological polar surface area (TPSA) is 0 Å². The average Bonchev–Trinajstić information content (AvgIpc) is 3.19. The maximum Gasteiger partial charge on any atom is 0.121 e. The summed E-state index contributed by atoms with van der Waals surface area (Å²) < 4.78 is 13.7. The first-order chi connectivity index (χ1) is 13.7. The zero-order valence-electron chi connectivity index (χ0n) is 18.2. The van der Waals surface area contributed by atoms with Crippen molar-refractivity contribution in [3.8, 4) is 11.1 Å². The van der Waals surface area contributed by atoms with Crippen LogP contribution >= 0.6 is 0 Å². The SMILES string of the molecule is CC1=[C-]C(C)C(C)=C1C.C[Si](C)=[Zr+2].Fc1ccccc1-c1c[cH-]c2ccccc12. The van der Waals surface area contributed by atoms with Crippen LogP contribution in [0.4, 0.5) is 4.39 Å². The van der Waals surface area contributed by atoms with E-state index in [2.05, 4.69) is 46.9 Å². The van der Waals surface area contributed by atoms with Gasteiger partial charge in [-0.3, -0.25) is 6.08 Å². The normalized spacial score (nSPS) is 15.3. The van der Waals surface area contributed by atoms with Crippen molar-refractivity contribution >= 4 is 16.2 Å². The van der Waals surface area contributed by atoms with Gasteiger partial charge in [0, 0.05) is 0 Å². The van der Waals surface area contributed by atoms with Gasteiger partial charge in [-0.05, 0) is 11.6 Å². The number of hydrogen-bond acceptors (Lipinski definition) is 0. The van der Waals surface area contributed by atoms with Crippen molar-refractivity contribution in [3.63, 3.8) is 0 Å². The molecule has 3 heteroatoms.